The van der Waals surface area contributed by atoms with Gasteiger partial charge in [0.05, 0.1) is 12.8 Å². The number of aromatic nitrogens is 2. The third-order valence-corrected chi connectivity index (χ3v) is 3.47. The average molecular weight is 263 g/mol. The lowest BCUT2D eigenvalue weighted by Crippen LogP contribution is -2.12. The van der Waals surface area contributed by atoms with Gasteiger partial charge in [0.2, 0.25) is 0 Å². The number of carbonyl (C=O) groups is 1. The first-order valence-electron chi connectivity index (χ1n) is 5.30. The molecule has 2 N–H and O–H groups in total. The van der Waals surface area contributed by atoms with E-state index in [0.29, 0.717) is 11.5 Å². The number of nitrogens with zero attached hydrogens (tertiary/aromatic N) is 2. The van der Waals surface area contributed by atoms with Crippen LogP contribution in [0, 0.1) is 13.8 Å². The smallest absolute Gasteiger partial charge is 0.343 e. The summed E-state index contributed by atoms with van der Waals surface area (Å²) < 4.78 is 4.66. The van der Waals surface area contributed by atoms with Crippen LogP contribution in [-0.2, 0) is 4.74 Å². The van der Waals surface area contributed by atoms with Crippen molar-refractivity contribution in [1.29, 1.82) is 0 Å². The quantitative estimate of drug-likeness (QED) is 0.840. The molecule has 0 saturated heterocycles. The first-order valence-corrected chi connectivity index (χ1v) is 6.24. The van der Waals surface area contributed by atoms with E-state index >= 15 is 0 Å². The molecule has 6 heteroatoms. The number of anilines is 1. The molecule has 0 aliphatic carbocycles. The molecule has 0 fully saturated rings. The molecule has 94 valence electrons. The minimum atomic E-state index is -0.515. The highest BCUT2D eigenvalue weighted by Crippen LogP contribution is 2.26. The summed E-state index contributed by atoms with van der Waals surface area (Å²) in [6, 6.07) is 0. The van der Waals surface area contributed by atoms with Crippen LogP contribution in [0.25, 0.3) is 11.4 Å². The van der Waals surface area contributed by atoms with E-state index in [1.165, 1.54) is 7.11 Å². The highest BCUT2D eigenvalue weighted by atomic mass is 32.1. The Hall–Kier alpha value is -1.95. The molecule has 0 unspecified atom stereocenters. The molecule has 0 spiro atoms. The van der Waals surface area contributed by atoms with Gasteiger partial charge in [-0.15, -0.1) is 0 Å². The number of nitrogen functional groups attached to an aromatic ring is 1. The summed E-state index contributed by atoms with van der Waals surface area (Å²) in [5.74, 6) is 0.171. The van der Waals surface area contributed by atoms with E-state index < -0.39 is 5.97 Å². The monoisotopic (exact) mass is 263 g/mol. The topological polar surface area (TPSA) is 78.1 Å². The highest BCUT2D eigenvalue weighted by Gasteiger charge is 2.18. The first kappa shape index (κ1) is 12.5. The van der Waals surface area contributed by atoms with Crippen LogP contribution in [0.3, 0.4) is 0 Å². The SMILES string of the molecule is COC(=O)c1c(C)nc(-c2cscc2C)nc1N. The number of esters is 1. The van der Waals surface area contributed by atoms with Crippen LogP contribution >= 0.6 is 11.3 Å². The second kappa shape index (κ2) is 4.73. The maximum absolute atomic E-state index is 11.5. The van der Waals surface area contributed by atoms with E-state index in [1.54, 1.807) is 18.3 Å². The van der Waals surface area contributed by atoms with E-state index in [-0.39, 0.29) is 11.4 Å². The molecule has 2 aromatic heterocycles. The number of aryl methyl sites for hydroxylation is 2. The van der Waals surface area contributed by atoms with Crippen molar-refractivity contribution in [1.82, 2.24) is 9.97 Å². The van der Waals surface area contributed by atoms with Crippen molar-refractivity contribution >= 4 is 23.1 Å². The third-order valence-electron chi connectivity index (χ3n) is 2.60. The van der Waals surface area contributed by atoms with Crippen molar-refractivity contribution in [3.8, 4) is 11.4 Å². The van der Waals surface area contributed by atoms with E-state index in [4.69, 9.17) is 5.73 Å². The Kier molecular flexibility index (Phi) is 3.29. The molecule has 0 aliphatic heterocycles. The molecule has 0 atom stereocenters. The summed E-state index contributed by atoms with van der Waals surface area (Å²) in [5.41, 5.74) is 8.58. The minimum absolute atomic E-state index is 0.148. The fourth-order valence-corrected chi connectivity index (χ4v) is 2.49. The van der Waals surface area contributed by atoms with Crippen molar-refractivity contribution in [2.75, 3.05) is 12.8 Å². The number of nitrogens with two attached hydrogens (primary N) is 1. The van der Waals surface area contributed by atoms with Crippen LogP contribution in [0.15, 0.2) is 10.8 Å². The Labute approximate surface area is 109 Å². The van der Waals surface area contributed by atoms with Gasteiger partial charge in [-0.1, -0.05) is 0 Å². The Morgan fingerprint density at radius 3 is 2.56 bits per heavy atom. The van der Waals surface area contributed by atoms with Crippen molar-refractivity contribution in [3.05, 3.63) is 27.6 Å². The van der Waals surface area contributed by atoms with Gasteiger partial charge in [-0.3, -0.25) is 0 Å². The van der Waals surface area contributed by atoms with Gasteiger partial charge < -0.3 is 10.5 Å². The van der Waals surface area contributed by atoms with Gasteiger partial charge in [-0.05, 0) is 24.8 Å². The Morgan fingerprint density at radius 1 is 1.33 bits per heavy atom. The standard InChI is InChI=1S/C12H13N3O2S/c1-6-4-18-5-8(6)11-14-7(2)9(10(13)15-11)12(16)17-3/h4-5H,1-3H3,(H2,13,14,15). The van der Waals surface area contributed by atoms with Crippen LogP contribution in [0.2, 0.25) is 0 Å². The number of thiophene rings is 1. The first-order chi connectivity index (χ1) is 8.54. The fourth-order valence-electron chi connectivity index (χ4n) is 1.66. The summed E-state index contributed by atoms with van der Waals surface area (Å²) >= 11 is 1.58. The van der Waals surface area contributed by atoms with Crippen molar-refractivity contribution in [2.24, 2.45) is 0 Å². The molecule has 0 amide bonds. The molecule has 5 nitrogen and oxygen atoms in total. The number of hydrogen-bond acceptors (Lipinski definition) is 6. The largest absolute Gasteiger partial charge is 0.465 e. The lowest BCUT2D eigenvalue weighted by molar-refractivity contribution is 0.0600. The lowest BCUT2D eigenvalue weighted by atomic mass is 10.1. The van der Waals surface area contributed by atoms with E-state index in [1.807, 2.05) is 17.7 Å². The molecule has 2 aromatic rings. The molecule has 0 radical (unpaired) electrons. The van der Waals surface area contributed by atoms with Crippen LogP contribution in [0.4, 0.5) is 5.82 Å². The summed E-state index contributed by atoms with van der Waals surface area (Å²) in [5, 5.41) is 3.97. The molecule has 2 rings (SSSR count). The molecular weight excluding hydrogens is 250 g/mol. The van der Waals surface area contributed by atoms with E-state index in [0.717, 1.165) is 11.1 Å². The zero-order valence-corrected chi connectivity index (χ0v) is 11.2. The van der Waals surface area contributed by atoms with Crippen LogP contribution in [0.1, 0.15) is 21.6 Å². The van der Waals surface area contributed by atoms with Crippen LogP contribution in [-0.4, -0.2) is 23.0 Å². The van der Waals surface area contributed by atoms with E-state index in [2.05, 4.69) is 14.7 Å². The Balaban J connectivity index is 2.56. The van der Waals surface area contributed by atoms with E-state index in [9.17, 15) is 4.79 Å². The molecular formula is C12H13N3O2S. The van der Waals surface area contributed by atoms with Crippen molar-refractivity contribution in [2.45, 2.75) is 13.8 Å². The number of ether oxygens (including phenoxy) is 1. The Morgan fingerprint density at radius 2 is 2.06 bits per heavy atom. The molecule has 0 aromatic carbocycles. The fraction of sp³-hybridized carbons (Fsp3) is 0.250. The molecule has 0 bridgehead atoms. The van der Waals surface area contributed by atoms with Gasteiger partial charge in [-0.25, -0.2) is 14.8 Å². The highest BCUT2D eigenvalue weighted by molar-refractivity contribution is 7.08. The molecule has 0 saturated carbocycles. The lowest BCUT2D eigenvalue weighted by Gasteiger charge is -2.08. The normalized spacial score (nSPS) is 10.4. The van der Waals surface area contributed by atoms with Crippen molar-refractivity contribution < 1.29 is 9.53 Å². The van der Waals surface area contributed by atoms with Gasteiger partial charge >= 0.3 is 5.97 Å². The molecule has 0 aliphatic rings. The van der Waals surface area contributed by atoms with Crippen molar-refractivity contribution in [3.63, 3.8) is 0 Å². The van der Waals surface area contributed by atoms with Gasteiger partial charge in [0.25, 0.3) is 0 Å². The predicted molar refractivity (Wildman–Crippen MR) is 70.6 cm³/mol. The number of rotatable bonds is 2. The minimum Gasteiger partial charge on any atom is -0.465 e. The summed E-state index contributed by atoms with van der Waals surface area (Å²) in [7, 11) is 1.30. The maximum Gasteiger partial charge on any atom is 0.343 e. The maximum atomic E-state index is 11.5. The zero-order valence-electron chi connectivity index (χ0n) is 10.4. The second-order valence-electron chi connectivity index (χ2n) is 3.85. The number of hydrogen-bond donors (Lipinski definition) is 1. The third kappa shape index (κ3) is 2.06. The average Bonchev–Trinajstić information content (AvgIpc) is 2.74. The van der Waals surface area contributed by atoms with Gasteiger partial charge in [0.15, 0.2) is 5.82 Å². The van der Waals surface area contributed by atoms with Gasteiger partial charge in [-0.2, -0.15) is 11.3 Å². The molecule has 2 heterocycles. The number of methoxy groups -OCH3 is 1. The Bertz CT molecular complexity index is 584. The summed E-state index contributed by atoms with van der Waals surface area (Å²) in [6.07, 6.45) is 0. The predicted octanol–water partition coefficient (Wildman–Crippen LogP) is 2.19. The van der Waals surface area contributed by atoms with Crippen LogP contribution < -0.4 is 5.73 Å². The summed E-state index contributed by atoms with van der Waals surface area (Å²) in [4.78, 5) is 20.0. The summed E-state index contributed by atoms with van der Waals surface area (Å²) in [6.45, 7) is 3.70. The second-order valence-corrected chi connectivity index (χ2v) is 4.60. The van der Waals surface area contributed by atoms with Gasteiger partial charge in [0, 0.05) is 10.9 Å². The van der Waals surface area contributed by atoms with Gasteiger partial charge in [0.1, 0.15) is 11.4 Å². The van der Waals surface area contributed by atoms with Crippen LogP contribution in [0.5, 0.6) is 0 Å². The molecule has 18 heavy (non-hydrogen) atoms. The zero-order chi connectivity index (χ0) is 13.3. The number of carbonyl (C=O) groups excluding carboxylic acids is 1.